The zero-order valence-electron chi connectivity index (χ0n) is 29.8. The molecule has 0 nitrogen and oxygen atoms in total. The van der Waals surface area contributed by atoms with Gasteiger partial charge in [-0.3, -0.25) is 0 Å². The Morgan fingerprint density at radius 3 is 1.82 bits per heavy atom. The van der Waals surface area contributed by atoms with Gasteiger partial charge in [0, 0.05) is 6.85 Å². The van der Waals surface area contributed by atoms with Gasteiger partial charge in [0.05, 0.1) is 0 Å². The molecule has 38 heavy (non-hydrogen) atoms. The van der Waals surface area contributed by atoms with E-state index in [4.69, 9.17) is 6.85 Å². The van der Waals surface area contributed by atoms with Crippen molar-refractivity contribution in [2.45, 2.75) is 93.8 Å². The van der Waals surface area contributed by atoms with E-state index in [-0.39, 0.29) is 17.4 Å². The zero-order chi connectivity index (χ0) is 32.3. The number of hydrogen-bond donors (Lipinski definition) is 0. The molecule has 2 aliphatic rings. The quantitative estimate of drug-likeness (QED) is 0.255. The minimum absolute atomic E-state index is 0.0539. The Morgan fingerprint density at radius 1 is 0.658 bits per heavy atom. The fraction of sp³-hybridized carbons (Fsp3) is 0.421. The lowest BCUT2D eigenvalue weighted by molar-refractivity contribution is 0.376. The Labute approximate surface area is 242 Å². The summed E-state index contributed by atoms with van der Waals surface area (Å²) in [5, 5.41) is 0. The SMILES string of the molecule is [2H]C([2H])([2H])C1=C(/C=C/C(C)=C/C=C/C(C)=C\C=C\C=C\C=C\C=C\C=C\C2=C(C)CCCC2(C)C)C(C)(C)CCC1([2H])[2H]. The Hall–Kier alpha value is -2.86. The molecule has 0 aromatic heterocycles. The maximum absolute atomic E-state index is 8.33. The topological polar surface area (TPSA) is 0 Å². The van der Waals surface area contributed by atoms with Crippen LogP contribution in [0.3, 0.4) is 0 Å². The third kappa shape index (κ3) is 10.9. The Balaban J connectivity index is 1.92. The van der Waals surface area contributed by atoms with Gasteiger partial charge in [0.15, 0.2) is 0 Å². The molecule has 0 heterocycles. The van der Waals surface area contributed by atoms with Crippen LogP contribution >= 0.6 is 0 Å². The molecule has 0 heteroatoms. The molecule has 0 aromatic rings. The summed E-state index contributed by atoms with van der Waals surface area (Å²) in [6.07, 6.45) is 35.0. The standard InChI is InChI=1S/C38H52/c1-31(22-18-23-32(2)27-28-36-34(4)25-20-30-38(36,7)8)21-16-14-12-10-9-11-13-15-17-26-35-33(3)24-19-29-37(35,5)6/h9-18,21-23,26-28H,19-20,24-25,29-30H2,1-8H3/b11-9+,12-10+,15-13+,16-14+,22-18+,26-17+,28-27+,31-21-,32-23+/i4D3,25D2. The van der Waals surface area contributed by atoms with Crippen LogP contribution < -0.4 is 0 Å². The van der Waals surface area contributed by atoms with E-state index < -0.39 is 18.6 Å². The summed E-state index contributed by atoms with van der Waals surface area (Å²) in [4.78, 5) is 0. The third-order valence-corrected chi connectivity index (χ3v) is 7.33. The molecule has 2 aliphatic carbocycles. The highest BCUT2D eigenvalue weighted by atomic mass is 14.3. The molecule has 0 fully saturated rings. The van der Waals surface area contributed by atoms with Gasteiger partial charge in [0.1, 0.15) is 0 Å². The molecular formula is C38H52. The van der Waals surface area contributed by atoms with Crippen molar-refractivity contribution in [3.05, 3.63) is 131 Å². The highest BCUT2D eigenvalue weighted by Gasteiger charge is 2.27. The van der Waals surface area contributed by atoms with Gasteiger partial charge < -0.3 is 0 Å². The van der Waals surface area contributed by atoms with Crippen LogP contribution in [0.2, 0.25) is 0 Å². The predicted octanol–water partition coefficient (Wildman–Crippen LogP) is 11.8. The number of rotatable bonds is 10. The molecule has 2 rings (SSSR count). The van der Waals surface area contributed by atoms with Gasteiger partial charge in [-0.05, 0) is 88.1 Å². The third-order valence-electron chi connectivity index (χ3n) is 7.33. The molecule has 0 amide bonds. The monoisotopic (exact) mass is 513 g/mol. The summed E-state index contributed by atoms with van der Waals surface area (Å²) in [7, 11) is 0. The lowest BCUT2D eigenvalue weighted by atomic mass is 9.72. The summed E-state index contributed by atoms with van der Waals surface area (Å²) >= 11 is 0. The van der Waals surface area contributed by atoms with Gasteiger partial charge in [-0.25, -0.2) is 0 Å². The van der Waals surface area contributed by atoms with Crippen LogP contribution in [-0.4, -0.2) is 0 Å². The molecular weight excluding hydrogens is 456 g/mol. The van der Waals surface area contributed by atoms with Crippen molar-refractivity contribution in [1.82, 2.24) is 0 Å². The average molecular weight is 514 g/mol. The molecule has 204 valence electrons. The minimum Gasteiger partial charge on any atom is -0.0696 e. The van der Waals surface area contributed by atoms with Crippen molar-refractivity contribution in [3.8, 4) is 0 Å². The first-order valence-corrected chi connectivity index (χ1v) is 14.0. The first-order chi connectivity index (χ1) is 20.0. The van der Waals surface area contributed by atoms with Crippen molar-refractivity contribution >= 4 is 0 Å². The van der Waals surface area contributed by atoms with Gasteiger partial charge in [0.2, 0.25) is 0 Å². The van der Waals surface area contributed by atoms with Crippen LogP contribution in [0.1, 0.15) is 101 Å². The Bertz CT molecular complexity index is 1310. The van der Waals surface area contributed by atoms with Gasteiger partial charge in [0.25, 0.3) is 0 Å². The van der Waals surface area contributed by atoms with Gasteiger partial charge in [-0.2, -0.15) is 0 Å². The van der Waals surface area contributed by atoms with E-state index in [9.17, 15) is 0 Å². The molecule has 0 saturated carbocycles. The van der Waals surface area contributed by atoms with E-state index in [1.165, 1.54) is 30.4 Å². The van der Waals surface area contributed by atoms with Crippen LogP contribution in [0, 0.1) is 10.8 Å². The maximum atomic E-state index is 8.33. The second-order valence-electron chi connectivity index (χ2n) is 11.7. The van der Waals surface area contributed by atoms with E-state index in [1.54, 1.807) is 6.08 Å². The van der Waals surface area contributed by atoms with Crippen molar-refractivity contribution in [2.75, 3.05) is 0 Å². The van der Waals surface area contributed by atoms with E-state index in [0.29, 0.717) is 12.0 Å². The second-order valence-corrected chi connectivity index (χ2v) is 11.7. The van der Waals surface area contributed by atoms with Gasteiger partial charge in [-0.1, -0.05) is 147 Å². The Morgan fingerprint density at radius 2 is 1.18 bits per heavy atom. The summed E-state index contributed by atoms with van der Waals surface area (Å²) < 4.78 is 40.5. The highest BCUT2D eigenvalue weighted by Crippen LogP contribution is 2.41. The normalized spacial score (nSPS) is 25.5. The largest absolute Gasteiger partial charge is 0.0696 e. The van der Waals surface area contributed by atoms with Gasteiger partial charge >= 0.3 is 0 Å². The van der Waals surface area contributed by atoms with Gasteiger partial charge in [-0.15, -0.1) is 0 Å². The van der Waals surface area contributed by atoms with Crippen LogP contribution in [0.15, 0.2) is 131 Å². The molecule has 0 aliphatic heterocycles. The summed E-state index contributed by atoms with van der Waals surface area (Å²) in [5.41, 5.74) is 5.47. The molecule has 0 aromatic carbocycles. The smallest absolute Gasteiger partial charge is 0.0313 e. The fourth-order valence-corrected chi connectivity index (χ4v) is 4.87. The lowest BCUT2D eigenvalue weighted by Gasteiger charge is -2.32. The van der Waals surface area contributed by atoms with Crippen molar-refractivity contribution in [3.63, 3.8) is 0 Å². The number of hydrogen-bond acceptors (Lipinski definition) is 0. The minimum atomic E-state index is -2.46. The van der Waals surface area contributed by atoms with E-state index in [0.717, 1.165) is 11.1 Å². The highest BCUT2D eigenvalue weighted by molar-refractivity contribution is 5.37. The van der Waals surface area contributed by atoms with E-state index in [2.05, 4.69) is 39.0 Å². The van der Waals surface area contributed by atoms with Crippen LogP contribution in [0.4, 0.5) is 0 Å². The lowest BCUT2D eigenvalue weighted by Crippen LogP contribution is -2.19. The summed E-state index contributed by atoms with van der Waals surface area (Å²) in [6, 6.07) is 0. The summed E-state index contributed by atoms with van der Waals surface area (Å²) in [6.45, 7) is 12.5. The van der Waals surface area contributed by atoms with Crippen molar-refractivity contribution in [2.24, 2.45) is 10.8 Å². The van der Waals surface area contributed by atoms with Crippen molar-refractivity contribution < 1.29 is 6.85 Å². The molecule has 0 spiro atoms. The molecule has 0 saturated heterocycles. The first-order valence-electron chi connectivity index (χ1n) is 16.5. The van der Waals surface area contributed by atoms with E-state index >= 15 is 0 Å². The van der Waals surface area contributed by atoms with Crippen LogP contribution in [0.5, 0.6) is 0 Å². The van der Waals surface area contributed by atoms with E-state index in [1.807, 2.05) is 101 Å². The first kappa shape index (κ1) is 24.2. The van der Waals surface area contributed by atoms with Crippen molar-refractivity contribution in [1.29, 1.82) is 0 Å². The van der Waals surface area contributed by atoms with Crippen LogP contribution in [0.25, 0.3) is 0 Å². The predicted molar refractivity (Wildman–Crippen MR) is 172 cm³/mol. The van der Waals surface area contributed by atoms with Crippen LogP contribution in [-0.2, 0) is 0 Å². The Kier molecular flexibility index (Phi) is 9.89. The fourth-order valence-electron chi connectivity index (χ4n) is 4.87. The average Bonchev–Trinajstić information content (AvgIpc) is 2.88. The zero-order valence-corrected chi connectivity index (χ0v) is 24.8. The second kappa shape index (κ2) is 15.5. The maximum Gasteiger partial charge on any atom is 0.0313 e. The summed E-state index contributed by atoms with van der Waals surface area (Å²) in [5.74, 6) is 0. The molecule has 0 atom stereocenters. The molecule has 0 N–H and O–H groups in total. The number of allylic oxidation sites excluding steroid dienone is 22. The molecule has 0 unspecified atom stereocenters. The molecule has 0 radical (unpaired) electrons. The molecule has 0 bridgehead atoms.